The monoisotopic (exact) mass is 561 g/mol. The fourth-order valence-electron chi connectivity index (χ4n) is 4.29. The maximum atomic E-state index is 13.2. The number of nitrogens with zero attached hydrogens (tertiary/aromatic N) is 5. The molecule has 39 heavy (non-hydrogen) atoms. The van der Waals surface area contributed by atoms with Gasteiger partial charge in [0.1, 0.15) is 5.69 Å². The second-order valence-corrected chi connectivity index (χ2v) is 11.2. The van der Waals surface area contributed by atoms with E-state index in [2.05, 4.69) is 20.4 Å². The molecule has 1 aliphatic rings. The quantitative estimate of drug-likeness (QED) is 0.277. The van der Waals surface area contributed by atoms with Crippen molar-refractivity contribution in [3.63, 3.8) is 0 Å². The number of morpholine rings is 1. The zero-order valence-corrected chi connectivity index (χ0v) is 21.5. The first kappa shape index (κ1) is 26.8. The highest BCUT2D eigenvalue weighted by Gasteiger charge is 2.33. The molecule has 0 aliphatic carbocycles. The summed E-state index contributed by atoms with van der Waals surface area (Å²) >= 11 is 0. The lowest BCUT2D eigenvalue weighted by molar-refractivity contribution is -0.141. The molecule has 14 heteroatoms. The van der Waals surface area contributed by atoms with Gasteiger partial charge in [-0.25, -0.2) is 14.0 Å². The minimum Gasteiger partial charge on any atom is -0.378 e. The SMILES string of the molecule is N=S(=O)(CCn1cc2cc(NC(O)c3cccc(C(F)(F)F)n3)c(N3CCOCC3)cc2n1)c1ccncc1. The molecular formula is C25H26F3N7O3S. The molecule has 2 atom stereocenters. The number of ether oxygens (including phenoxy) is 1. The highest BCUT2D eigenvalue weighted by Crippen LogP contribution is 2.34. The summed E-state index contributed by atoms with van der Waals surface area (Å²) in [5.74, 6) is 0.0480. The lowest BCUT2D eigenvalue weighted by atomic mass is 10.1. The third kappa shape index (κ3) is 6.13. The highest BCUT2D eigenvalue weighted by atomic mass is 32.2. The van der Waals surface area contributed by atoms with Crippen LogP contribution in [0.25, 0.3) is 10.9 Å². The van der Waals surface area contributed by atoms with Gasteiger partial charge in [0.15, 0.2) is 6.23 Å². The molecule has 3 aromatic heterocycles. The predicted octanol–water partition coefficient (Wildman–Crippen LogP) is 3.89. The summed E-state index contributed by atoms with van der Waals surface area (Å²) in [4.78, 5) is 9.92. The number of hydrogen-bond donors (Lipinski definition) is 3. The standard InChI is InChI=1S/C25H26F3N7O3S/c26-25(27,28)23-3-1-2-19(31-23)24(36)32-21-14-17-16-35(10-13-39(29,37)18-4-6-30-7-5-18)33-20(17)15-22(21)34-8-11-38-12-9-34/h1-7,14-16,24,29,32,36H,8-13H2. The average molecular weight is 562 g/mol. The first-order chi connectivity index (χ1) is 18.6. The van der Waals surface area contributed by atoms with Crippen LogP contribution in [0.15, 0.2) is 66.0 Å². The molecule has 1 aliphatic heterocycles. The number of pyridine rings is 2. The number of aryl methyl sites for hydroxylation is 1. The largest absolute Gasteiger partial charge is 0.433 e. The number of benzene rings is 1. The Kier molecular flexibility index (Phi) is 7.42. The maximum Gasteiger partial charge on any atom is 0.433 e. The zero-order chi connectivity index (χ0) is 27.6. The van der Waals surface area contributed by atoms with Crippen LogP contribution in [0.1, 0.15) is 17.6 Å². The lowest BCUT2D eigenvalue weighted by Crippen LogP contribution is -2.36. The highest BCUT2D eigenvalue weighted by molar-refractivity contribution is 7.92. The summed E-state index contributed by atoms with van der Waals surface area (Å²) in [6, 6.07) is 10.1. The Morgan fingerprint density at radius 1 is 1.15 bits per heavy atom. The number of alkyl halides is 3. The van der Waals surface area contributed by atoms with Crippen molar-refractivity contribution in [1.29, 1.82) is 4.78 Å². The van der Waals surface area contributed by atoms with Crippen molar-refractivity contribution in [3.8, 4) is 0 Å². The number of aliphatic hydroxyl groups excluding tert-OH is 1. The van der Waals surface area contributed by atoms with Crippen molar-refractivity contribution < 1.29 is 27.2 Å². The zero-order valence-electron chi connectivity index (χ0n) is 20.6. The Hall–Kier alpha value is -3.75. The summed E-state index contributed by atoms with van der Waals surface area (Å²) in [6.45, 7) is 2.37. The number of aliphatic hydroxyl groups is 1. The van der Waals surface area contributed by atoms with Crippen LogP contribution in [0, 0.1) is 4.78 Å². The van der Waals surface area contributed by atoms with Gasteiger partial charge in [-0.3, -0.25) is 9.67 Å². The Morgan fingerprint density at radius 2 is 1.90 bits per heavy atom. The van der Waals surface area contributed by atoms with E-state index in [1.165, 1.54) is 24.5 Å². The molecule has 1 fully saturated rings. The van der Waals surface area contributed by atoms with Crippen LogP contribution in [-0.4, -0.2) is 61.1 Å². The van der Waals surface area contributed by atoms with E-state index in [0.29, 0.717) is 53.5 Å². The van der Waals surface area contributed by atoms with Gasteiger partial charge in [0, 0.05) is 37.1 Å². The molecule has 5 rings (SSSR count). The van der Waals surface area contributed by atoms with Crippen LogP contribution in [0.4, 0.5) is 24.5 Å². The van der Waals surface area contributed by atoms with E-state index in [-0.39, 0.29) is 18.0 Å². The summed E-state index contributed by atoms with van der Waals surface area (Å²) in [7, 11) is -3.05. The molecule has 0 amide bonds. The van der Waals surface area contributed by atoms with Crippen LogP contribution in [0.5, 0.6) is 0 Å². The van der Waals surface area contributed by atoms with E-state index < -0.39 is 27.8 Å². The van der Waals surface area contributed by atoms with Crippen molar-refractivity contribution in [2.75, 3.05) is 42.3 Å². The fraction of sp³-hybridized carbons (Fsp3) is 0.320. The topological polar surface area (TPSA) is 129 Å². The van der Waals surface area contributed by atoms with Gasteiger partial charge >= 0.3 is 6.18 Å². The van der Waals surface area contributed by atoms with Crippen LogP contribution in [-0.2, 0) is 27.2 Å². The van der Waals surface area contributed by atoms with Crippen LogP contribution in [0.2, 0.25) is 0 Å². The van der Waals surface area contributed by atoms with Gasteiger partial charge in [0.25, 0.3) is 0 Å². The molecular weight excluding hydrogens is 535 g/mol. The molecule has 0 saturated carbocycles. The van der Waals surface area contributed by atoms with E-state index in [1.54, 1.807) is 29.1 Å². The van der Waals surface area contributed by atoms with E-state index in [1.807, 2.05) is 11.0 Å². The molecule has 0 spiro atoms. The van der Waals surface area contributed by atoms with Gasteiger partial charge in [-0.05, 0) is 36.4 Å². The third-order valence-corrected chi connectivity index (χ3v) is 8.08. The van der Waals surface area contributed by atoms with Crippen molar-refractivity contribution in [1.82, 2.24) is 19.7 Å². The van der Waals surface area contributed by atoms with E-state index in [0.717, 1.165) is 6.07 Å². The molecule has 206 valence electrons. The summed E-state index contributed by atoms with van der Waals surface area (Å²) in [5, 5.41) is 19.0. The van der Waals surface area contributed by atoms with Crippen LogP contribution in [0.3, 0.4) is 0 Å². The number of fused-ring (bicyclic) bond motifs is 1. The first-order valence-electron chi connectivity index (χ1n) is 12.1. The van der Waals surface area contributed by atoms with Gasteiger partial charge in [-0.2, -0.15) is 18.3 Å². The molecule has 3 N–H and O–H groups in total. The summed E-state index contributed by atoms with van der Waals surface area (Å²) in [5.41, 5.74) is 0.549. The fourth-order valence-corrected chi connectivity index (χ4v) is 5.53. The molecule has 4 heterocycles. The molecule has 4 aromatic rings. The van der Waals surface area contributed by atoms with Crippen molar-refractivity contribution in [3.05, 3.63) is 72.4 Å². The normalized spacial score (nSPS) is 16.7. The van der Waals surface area contributed by atoms with Crippen molar-refractivity contribution in [2.45, 2.75) is 23.8 Å². The molecule has 10 nitrogen and oxygen atoms in total. The van der Waals surface area contributed by atoms with Gasteiger partial charge < -0.3 is 20.1 Å². The Balaban J connectivity index is 1.43. The number of aromatic nitrogens is 4. The van der Waals surface area contributed by atoms with E-state index >= 15 is 0 Å². The summed E-state index contributed by atoms with van der Waals surface area (Å²) in [6.07, 6.45) is -1.41. The van der Waals surface area contributed by atoms with Gasteiger partial charge in [-0.1, -0.05) is 6.07 Å². The second kappa shape index (κ2) is 10.8. The summed E-state index contributed by atoms with van der Waals surface area (Å²) < 4.78 is 67.7. The molecule has 1 saturated heterocycles. The number of rotatable bonds is 8. The van der Waals surface area contributed by atoms with E-state index in [4.69, 9.17) is 9.52 Å². The molecule has 2 unspecified atom stereocenters. The Morgan fingerprint density at radius 3 is 2.62 bits per heavy atom. The van der Waals surface area contributed by atoms with Gasteiger partial charge in [0.05, 0.1) is 62.7 Å². The first-order valence-corrected chi connectivity index (χ1v) is 13.8. The van der Waals surface area contributed by atoms with Crippen LogP contribution >= 0.6 is 0 Å². The van der Waals surface area contributed by atoms with E-state index in [9.17, 15) is 22.5 Å². The Labute approximate surface area is 222 Å². The number of nitrogens with one attached hydrogen (secondary N) is 2. The number of anilines is 2. The second-order valence-electron chi connectivity index (χ2n) is 8.97. The average Bonchev–Trinajstić information content (AvgIpc) is 3.34. The van der Waals surface area contributed by atoms with Crippen LogP contribution < -0.4 is 10.2 Å². The predicted molar refractivity (Wildman–Crippen MR) is 139 cm³/mol. The lowest BCUT2D eigenvalue weighted by Gasteiger charge is -2.31. The van der Waals surface area contributed by atoms with Crippen molar-refractivity contribution in [2.24, 2.45) is 0 Å². The third-order valence-electron chi connectivity index (χ3n) is 6.29. The maximum absolute atomic E-state index is 13.2. The molecule has 0 radical (unpaired) electrons. The number of halogens is 3. The Bertz CT molecular complexity index is 1560. The number of hydrogen-bond acceptors (Lipinski definition) is 9. The van der Waals surface area contributed by atoms with Crippen molar-refractivity contribution >= 4 is 32.0 Å². The van der Waals surface area contributed by atoms with Gasteiger partial charge in [-0.15, -0.1) is 0 Å². The minimum atomic E-state index is -4.64. The molecule has 0 bridgehead atoms. The minimum absolute atomic E-state index is 0.0480. The smallest absolute Gasteiger partial charge is 0.378 e. The van der Waals surface area contributed by atoms with Gasteiger partial charge in [0.2, 0.25) is 0 Å². The molecule has 1 aromatic carbocycles.